The molecule has 1 aromatic rings. The van der Waals surface area contributed by atoms with Gasteiger partial charge in [0.15, 0.2) is 5.69 Å². The van der Waals surface area contributed by atoms with E-state index in [1.165, 1.54) is 0 Å². The normalized spacial score (nSPS) is 20.8. The molecule has 1 amide bonds. The molecule has 0 radical (unpaired) electrons. The van der Waals surface area contributed by atoms with Crippen molar-refractivity contribution in [3.8, 4) is 0 Å². The number of hydrogen-bond acceptors (Lipinski definition) is 5. The van der Waals surface area contributed by atoms with E-state index in [1.54, 1.807) is 17.0 Å². The molecule has 1 atom stereocenters. The molecule has 2 rings (SSSR count). The van der Waals surface area contributed by atoms with Crippen LogP contribution in [0.25, 0.3) is 0 Å². The number of β-amino-alcohol motifs (C(OH)–C–C–N with tert-alkyl or cyclic N) is 1. The van der Waals surface area contributed by atoms with Crippen molar-refractivity contribution in [3.05, 3.63) is 17.8 Å². The first-order chi connectivity index (χ1) is 7.66. The van der Waals surface area contributed by atoms with Crippen molar-refractivity contribution in [1.29, 1.82) is 0 Å². The summed E-state index contributed by atoms with van der Waals surface area (Å²) in [5.41, 5.74) is 5.66. The SMILES string of the molecule is Nc1ccc(C(=O)N2CCCC(O)C2)nn1. The molecule has 0 saturated carbocycles. The van der Waals surface area contributed by atoms with Gasteiger partial charge in [-0.15, -0.1) is 10.2 Å². The summed E-state index contributed by atoms with van der Waals surface area (Å²) in [6.45, 7) is 1.02. The zero-order valence-corrected chi connectivity index (χ0v) is 8.83. The molecule has 1 saturated heterocycles. The molecule has 16 heavy (non-hydrogen) atoms. The van der Waals surface area contributed by atoms with Crippen molar-refractivity contribution in [2.45, 2.75) is 18.9 Å². The Bertz CT molecular complexity index is 379. The molecule has 1 aliphatic heterocycles. The van der Waals surface area contributed by atoms with Crippen LogP contribution in [0.2, 0.25) is 0 Å². The van der Waals surface area contributed by atoms with E-state index in [1.807, 2.05) is 0 Å². The van der Waals surface area contributed by atoms with Crippen LogP contribution in [0.4, 0.5) is 5.82 Å². The second-order valence-corrected chi connectivity index (χ2v) is 3.89. The zero-order chi connectivity index (χ0) is 11.5. The minimum atomic E-state index is -0.431. The fourth-order valence-electron chi connectivity index (χ4n) is 1.76. The molecular formula is C10H14N4O2. The van der Waals surface area contributed by atoms with Gasteiger partial charge in [0.25, 0.3) is 5.91 Å². The summed E-state index contributed by atoms with van der Waals surface area (Å²) in [5.74, 6) is 0.0847. The van der Waals surface area contributed by atoms with E-state index < -0.39 is 6.10 Å². The highest BCUT2D eigenvalue weighted by molar-refractivity contribution is 5.92. The number of aliphatic hydroxyl groups excluding tert-OH is 1. The summed E-state index contributed by atoms with van der Waals surface area (Å²) < 4.78 is 0. The van der Waals surface area contributed by atoms with Gasteiger partial charge in [0.1, 0.15) is 5.82 Å². The highest BCUT2D eigenvalue weighted by Gasteiger charge is 2.23. The molecule has 1 unspecified atom stereocenters. The lowest BCUT2D eigenvalue weighted by molar-refractivity contribution is 0.0468. The smallest absolute Gasteiger partial charge is 0.274 e. The summed E-state index contributed by atoms with van der Waals surface area (Å²) >= 11 is 0. The third-order valence-corrected chi connectivity index (χ3v) is 2.59. The molecule has 0 aromatic carbocycles. The number of aromatic nitrogens is 2. The number of anilines is 1. The number of nitrogens with zero attached hydrogens (tertiary/aromatic N) is 3. The largest absolute Gasteiger partial charge is 0.391 e. The minimum absolute atomic E-state index is 0.203. The van der Waals surface area contributed by atoms with Gasteiger partial charge in [0, 0.05) is 13.1 Å². The molecule has 86 valence electrons. The topological polar surface area (TPSA) is 92.3 Å². The highest BCUT2D eigenvalue weighted by atomic mass is 16.3. The first-order valence-electron chi connectivity index (χ1n) is 5.23. The maximum atomic E-state index is 11.9. The van der Waals surface area contributed by atoms with Crippen LogP contribution in [-0.2, 0) is 0 Å². The van der Waals surface area contributed by atoms with Crippen molar-refractivity contribution >= 4 is 11.7 Å². The van der Waals surface area contributed by atoms with E-state index in [0.29, 0.717) is 13.1 Å². The van der Waals surface area contributed by atoms with Crippen LogP contribution in [-0.4, -0.2) is 45.3 Å². The molecule has 6 heteroatoms. The van der Waals surface area contributed by atoms with E-state index in [9.17, 15) is 9.90 Å². The van der Waals surface area contributed by atoms with Crippen LogP contribution >= 0.6 is 0 Å². The molecule has 2 heterocycles. The summed E-state index contributed by atoms with van der Waals surface area (Å²) in [6.07, 6.45) is 1.13. The van der Waals surface area contributed by atoms with Crippen molar-refractivity contribution in [2.75, 3.05) is 18.8 Å². The number of piperidine rings is 1. The van der Waals surface area contributed by atoms with Crippen molar-refractivity contribution < 1.29 is 9.90 Å². The number of aliphatic hydroxyl groups is 1. The minimum Gasteiger partial charge on any atom is -0.391 e. The lowest BCUT2D eigenvalue weighted by Crippen LogP contribution is -2.42. The van der Waals surface area contributed by atoms with Gasteiger partial charge in [-0.05, 0) is 25.0 Å². The van der Waals surface area contributed by atoms with Crippen LogP contribution in [0.15, 0.2) is 12.1 Å². The van der Waals surface area contributed by atoms with Crippen molar-refractivity contribution in [3.63, 3.8) is 0 Å². The van der Waals surface area contributed by atoms with E-state index in [4.69, 9.17) is 5.73 Å². The summed E-state index contributed by atoms with van der Waals surface area (Å²) in [7, 11) is 0. The Kier molecular flexibility index (Phi) is 3.00. The summed E-state index contributed by atoms with van der Waals surface area (Å²) in [6, 6.07) is 3.09. The average Bonchev–Trinajstić information content (AvgIpc) is 2.29. The molecule has 0 bridgehead atoms. The Morgan fingerprint density at radius 1 is 1.50 bits per heavy atom. The monoisotopic (exact) mass is 222 g/mol. The van der Waals surface area contributed by atoms with Crippen LogP contribution in [0.5, 0.6) is 0 Å². The van der Waals surface area contributed by atoms with Crippen LogP contribution in [0, 0.1) is 0 Å². The predicted octanol–water partition coefficient (Wildman–Crippen LogP) is -0.344. The molecule has 6 nitrogen and oxygen atoms in total. The number of carbonyl (C=O) groups is 1. The van der Waals surface area contributed by atoms with Gasteiger partial charge in [0.2, 0.25) is 0 Å². The van der Waals surface area contributed by atoms with Gasteiger partial charge in [-0.25, -0.2) is 0 Å². The number of carbonyl (C=O) groups excluding carboxylic acids is 1. The van der Waals surface area contributed by atoms with Gasteiger partial charge in [0.05, 0.1) is 6.10 Å². The quantitative estimate of drug-likeness (QED) is 0.678. The summed E-state index contributed by atoms with van der Waals surface area (Å²) in [5, 5.41) is 16.8. The number of nitrogen functional groups attached to an aromatic ring is 1. The Labute approximate surface area is 93.1 Å². The number of hydrogen-bond donors (Lipinski definition) is 2. The van der Waals surface area contributed by atoms with Crippen LogP contribution < -0.4 is 5.73 Å². The molecule has 1 fully saturated rings. The van der Waals surface area contributed by atoms with E-state index in [0.717, 1.165) is 12.8 Å². The Hall–Kier alpha value is -1.69. The lowest BCUT2D eigenvalue weighted by Gasteiger charge is -2.29. The van der Waals surface area contributed by atoms with Gasteiger partial charge < -0.3 is 15.7 Å². The molecular weight excluding hydrogens is 208 g/mol. The van der Waals surface area contributed by atoms with Crippen molar-refractivity contribution in [2.24, 2.45) is 0 Å². The molecule has 0 spiro atoms. The molecule has 1 aliphatic rings. The zero-order valence-electron chi connectivity index (χ0n) is 8.83. The first-order valence-corrected chi connectivity index (χ1v) is 5.23. The van der Waals surface area contributed by atoms with Gasteiger partial charge in [-0.1, -0.05) is 0 Å². The fourth-order valence-corrected chi connectivity index (χ4v) is 1.76. The highest BCUT2D eigenvalue weighted by Crippen LogP contribution is 2.12. The van der Waals surface area contributed by atoms with E-state index in [-0.39, 0.29) is 17.4 Å². The second-order valence-electron chi connectivity index (χ2n) is 3.89. The predicted molar refractivity (Wildman–Crippen MR) is 57.6 cm³/mol. The Balaban J connectivity index is 2.09. The second kappa shape index (κ2) is 4.44. The number of nitrogens with two attached hydrogens (primary N) is 1. The van der Waals surface area contributed by atoms with Gasteiger partial charge in [-0.3, -0.25) is 4.79 Å². The van der Waals surface area contributed by atoms with Crippen LogP contribution in [0.1, 0.15) is 23.3 Å². The average molecular weight is 222 g/mol. The Morgan fingerprint density at radius 2 is 2.31 bits per heavy atom. The van der Waals surface area contributed by atoms with E-state index >= 15 is 0 Å². The van der Waals surface area contributed by atoms with E-state index in [2.05, 4.69) is 10.2 Å². The van der Waals surface area contributed by atoms with Crippen molar-refractivity contribution in [1.82, 2.24) is 15.1 Å². The molecule has 0 aliphatic carbocycles. The third kappa shape index (κ3) is 2.27. The molecule has 3 N–H and O–H groups in total. The number of amides is 1. The van der Waals surface area contributed by atoms with Gasteiger partial charge >= 0.3 is 0 Å². The standard InChI is InChI=1S/C10H14N4O2/c11-9-4-3-8(12-13-9)10(16)14-5-1-2-7(15)6-14/h3-4,7,15H,1-2,5-6H2,(H2,11,13). The third-order valence-electron chi connectivity index (χ3n) is 2.59. The fraction of sp³-hybridized carbons (Fsp3) is 0.500. The maximum Gasteiger partial charge on any atom is 0.274 e. The maximum absolute atomic E-state index is 11.9. The Morgan fingerprint density at radius 3 is 2.94 bits per heavy atom. The number of likely N-dealkylation sites (tertiary alicyclic amines) is 1. The summed E-state index contributed by atoms with van der Waals surface area (Å²) in [4.78, 5) is 13.5. The first kappa shape index (κ1) is 10.8. The lowest BCUT2D eigenvalue weighted by atomic mass is 10.1. The molecule has 1 aromatic heterocycles. The van der Waals surface area contributed by atoms with Gasteiger partial charge in [-0.2, -0.15) is 0 Å². The number of rotatable bonds is 1. The van der Waals surface area contributed by atoms with Crippen LogP contribution in [0.3, 0.4) is 0 Å².